The third kappa shape index (κ3) is 5.17. The highest BCUT2D eigenvalue weighted by molar-refractivity contribution is 5.77. The predicted octanol–water partition coefficient (Wildman–Crippen LogP) is 1.94. The molecule has 12 heteroatoms. The van der Waals surface area contributed by atoms with Crippen molar-refractivity contribution in [2.75, 3.05) is 51.8 Å². The van der Waals surface area contributed by atoms with Gasteiger partial charge in [-0.25, -0.2) is 14.4 Å². The first-order chi connectivity index (χ1) is 18.0. The number of aryl methyl sites for hydroxylation is 1. The summed E-state index contributed by atoms with van der Waals surface area (Å²) in [6, 6.07) is 6.54. The SMILES string of the molecule is COc1cc(OC)c(F)c(N(CC(O)N2CCNCC2)c2ccc3ncc(-c4cnn(C)c4)nc3n2)c1. The van der Waals surface area contributed by atoms with Crippen LogP contribution in [-0.2, 0) is 7.05 Å². The molecule has 0 radical (unpaired) electrons. The van der Waals surface area contributed by atoms with Crippen LogP contribution in [0.2, 0.25) is 0 Å². The molecule has 37 heavy (non-hydrogen) atoms. The molecule has 0 aliphatic carbocycles. The Labute approximate surface area is 213 Å². The first-order valence-corrected chi connectivity index (χ1v) is 11.9. The Kier molecular flexibility index (Phi) is 7.12. The van der Waals surface area contributed by atoms with Crippen LogP contribution in [0.15, 0.2) is 42.9 Å². The first-order valence-electron chi connectivity index (χ1n) is 11.9. The summed E-state index contributed by atoms with van der Waals surface area (Å²) in [4.78, 5) is 17.5. The number of nitrogens with one attached hydrogen (secondary N) is 1. The van der Waals surface area contributed by atoms with Crippen molar-refractivity contribution in [1.29, 1.82) is 0 Å². The minimum absolute atomic E-state index is 0.0236. The number of halogens is 1. The van der Waals surface area contributed by atoms with Gasteiger partial charge in [-0.05, 0) is 12.1 Å². The Morgan fingerprint density at radius 3 is 2.65 bits per heavy atom. The summed E-state index contributed by atoms with van der Waals surface area (Å²) >= 11 is 0. The van der Waals surface area contributed by atoms with Gasteiger partial charge in [0.1, 0.15) is 23.3 Å². The van der Waals surface area contributed by atoms with E-state index in [1.807, 2.05) is 18.1 Å². The molecule has 1 saturated heterocycles. The number of aliphatic hydroxyl groups is 1. The van der Waals surface area contributed by atoms with Gasteiger partial charge in [-0.15, -0.1) is 0 Å². The number of aromatic nitrogens is 5. The van der Waals surface area contributed by atoms with Crippen LogP contribution in [0.1, 0.15) is 0 Å². The summed E-state index contributed by atoms with van der Waals surface area (Å²) in [5.41, 5.74) is 2.55. The van der Waals surface area contributed by atoms with E-state index in [-0.39, 0.29) is 18.0 Å². The standard InChI is InChI=1S/C25H29FN8O3/c1-32-14-16(12-29-32)19-13-28-18-4-5-22(31-25(18)30-19)34(15-23(35)33-8-6-27-7-9-33)20-10-17(36-2)11-21(37-3)24(20)26/h4-5,10-14,23,27,35H,6-9,15H2,1-3H3. The fourth-order valence-corrected chi connectivity index (χ4v) is 4.33. The average molecular weight is 509 g/mol. The summed E-state index contributed by atoms with van der Waals surface area (Å²) in [6.45, 7) is 2.92. The lowest BCUT2D eigenvalue weighted by Gasteiger charge is -2.35. The van der Waals surface area contributed by atoms with Gasteiger partial charge in [-0.3, -0.25) is 14.6 Å². The van der Waals surface area contributed by atoms with Crippen molar-refractivity contribution in [1.82, 2.24) is 34.9 Å². The van der Waals surface area contributed by atoms with Gasteiger partial charge in [0.15, 0.2) is 17.2 Å². The molecule has 1 fully saturated rings. The summed E-state index contributed by atoms with van der Waals surface area (Å²) in [6.07, 6.45) is 4.34. The van der Waals surface area contributed by atoms with E-state index in [1.165, 1.54) is 20.3 Å². The Hall–Kier alpha value is -3.87. The van der Waals surface area contributed by atoms with E-state index in [0.29, 0.717) is 41.5 Å². The summed E-state index contributed by atoms with van der Waals surface area (Å²) in [5.74, 6) is 0.242. The number of piperazine rings is 1. The van der Waals surface area contributed by atoms with E-state index in [0.717, 1.165) is 18.7 Å². The quantitative estimate of drug-likeness (QED) is 0.366. The minimum Gasteiger partial charge on any atom is -0.497 e. The fourth-order valence-electron chi connectivity index (χ4n) is 4.33. The van der Waals surface area contributed by atoms with Crippen LogP contribution in [0.5, 0.6) is 11.5 Å². The van der Waals surface area contributed by atoms with E-state index in [4.69, 9.17) is 14.5 Å². The van der Waals surface area contributed by atoms with Crippen LogP contribution in [0, 0.1) is 5.82 Å². The summed E-state index contributed by atoms with van der Waals surface area (Å²) in [5, 5.41) is 18.6. The van der Waals surface area contributed by atoms with Gasteiger partial charge in [0.2, 0.25) is 0 Å². The lowest BCUT2D eigenvalue weighted by molar-refractivity contribution is 0.00372. The Morgan fingerprint density at radius 1 is 1.14 bits per heavy atom. The molecule has 1 aromatic carbocycles. The number of aliphatic hydroxyl groups excluding tert-OH is 1. The second-order valence-corrected chi connectivity index (χ2v) is 8.71. The van der Waals surface area contributed by atoms with Crippen LogP contribution >= 0.6 is 0 Å². The maximum Gasteiger partial charge on any atom is 0.188 e. The van der Waals surface area contributed by atoms with Gasteiger partial charge in [0, 0.05) is 57.1 Å². The molecule has 2 N–H and O–H groups in total. The molecule has 5 rings (SSSR count). The van der Waals surface area contributed by atoms with Crippen molar-refractivity contribution in [2.24, 2.45) is 7.05 Å². The molecule has 0 amide bonds. The zero-order valence-electron chi connectivity index (χ0n) is 20.9. The molecule has 0 spiro atoms. The van der Waals surface area contributed by atoms with E-state index in [1.54, 1.807) is 40.2 Å². The van der Waals surface area contributed by atoms with Crippen molar-refractivity contribution in [3.05, 3.63) is 48.7 Å². The van der Waals surface area contributed by atoms with Gasteiger partial charge in [-0.2, -0.15) is 5.10 Å². The highest BCUT2D eigenvalue weighted by Gasteiger charge is 2.26. The van der Waals surface area contributed by atoms with Gasteiger partial charge < -0.3 is 24.8 Å². The van der Waals surface area contributed by atoms with Gasteiger partial charge in [0.05, 0.1) is 44.5 Å². The second kappa shape index (κ2) is 10.6. The molecular formula is C25H29FN8O3. The van der Waals surface area contributed by atoms with Gasteiger partial charge >= 0.3 is 0 Å². The van der Waals surface area contributed by atoms with Crippen molar-refractivity contribution >= 4 is 22.7 Å². The molecule has 1 aliphatic rings. The number of rotatable bonds is 8. The lowest BCUT2D eigenvalue weighted by atomic mass is 10.2. The second-order valence-electron chi connectivity index (χ2n) is 8.71. The molecule has 1 unspecified atom stereocenters. The molecule has 4 heterocycles. The van der Waals surface area contributed by atoms with Crippen molar-refractivity contribution in [3.8, 4) is 22.8 Å². The average Bonchev–Trinajstić information content (AvgIpc) is 3.38. The van der Waals surface area contributed by atoms with E-state index < -0.39 is 12.0 Å². The van der Waals surface area contributed by atoms with Crippen LogP contribution in [0.3, 0.4) is 0 Å². The van der Waals surface area contributed by atoms with Crippen LogP contribution in [0.25, 0.3) is 22.4 Å². The van der Waals surface area contributed by atoms with Crippen molar-refractivity contribution < 1.29 is 19.0 Å². The molecule has 4 aromatic rings. The number of ether oxygens (including phenoxy) is 2. The van der Waals surface area contributed by atoms with E-state index in [2.05, 4.69) is 20.4 Å². The zero-order chi connectivity index (χ0) is 25.9. The molecule has 11 nitrogen and oxygen atoms in total. The minimum atomic E-state index is -0.871. The molecular weight excluding hydrogens is 479 g/mol. The number of hydrogen-bond acceptors (Lipinski definition) is 10. The fraction of sp³-hybridized carbons (Fsp3) is 0.360. The zero-order valence-corrected chi connectivity index (χ0v) is 20.9. The van der Waals surface area contributed by atoms with E-state index in [9.17, 15) is 5.11 Å². The number of anilines is 2. The third-order valence-corrected chi connectivity index (χ3v) is 6.33. The Bertz CT molecular complexity index is 1390. The Morgan fingerprint density at radius 2 is 1.95 bits per heavy atom. The highest BCUT2D eigenvalue weighted by Crippen LogP contribution is 2.37. The highest BCUT2D eigenvalue weighted by atomic mass is 19.1. The predicted molar refractivity (Wildman–Crippen MR) is 136 cm³/mol. The number of fused-ring (bicyclic) bond motifs is 1. The third-order valence-electron chi connectivity index (χ3n) is 6.33. The number of pyridine rings is 1. The van der Waals surface area contributed by atoms with Gasteiger partial charge in [0.25, 0.3) is 0 Å². The summed E-state index contributed by atoms with van der Waals surface area (Å²) in [7, 11) is 4.72. The molecule has 194 valence electrons. The maximum atomic E-state index is 15.6. The molecule has 0 saturated carbocycles. The van der Waals surface area contributed by atoms with Gasteiger partial charge in [-0.1, -0.05) is 0 Å². The van der Waals surface area contributed by atoms with Crippen LogP contribution in [0.4, 0.5) is 15.9 Å². The Balaban J connectivity index is 1.59. The largest absolute Gasteiger partial charge is 0.497 e. The number of nitrogens with zero attached hydrogens (tertiary/aromatic N) is 7. The van der Waals surface area contributed by atoms with Crippen LogP contribution < -0.4 is 19.7 Å². The smallest absolute Gasteiger partial charge is 0.188 e. The molecule has 1 atom stereocenters. The molecule has 0 bridgehead atoms. The molecule has 1 aliphatic heterocycles. The normalized spacial score (nSPS) is 15.1. The number of hydrogen-bond donors (Lipinski definition) is 2. The van der Waals surface area contributed by atoms with Crippen LogP contribution in [-0.4, -0.2) is 87.9 Å². The maximum absolute atomic E-state index is 15.6. The number of methoxy groups -OCH3 is 2. The summed E-state index contributed by atoms with van der Waals surface area (Å²) < 4.78 is 28.0. The first kappa shape index (κ1) is 24.8. The topological polar surface area (TPSA) is 114 Å². The molecule has 3 aromatic heterocycles. The van der Waals surface area contributed by atoms with Crippen molar-refractivity contribution in [3.63, 3.8) is 0 Å². The van der Waals surface area contributed by atoms with E-state index >= 15 is 4.39 Å². The number of benzene rings is 1. The monoisotopic (exact) mass is 508 g/mol. The lowest BCUT2D eigenvalue weighted by Crippen LogP contribution is -2.51. The van der Waals surface area contributed by atoms with Crippen molar-refractivity contribution in [2.45, 2.75) is 6.23 Å².